The van der Waals surface area contributed by atoms with Crippen molar-refractivity contribution in [2.24, 2.45) is 11.3 Å². The number of nitro benzene ring substituents is 1. The summed E-state index contributed by atoms with van der Waals surface area (Å²) in [7, 11) is -1.40. The molecule has 3 aromatic carbocycles. The molecule has 3 atom stereocenters. The predicted octanol–water partition coefficient (Wildman–Crippen LogP) is 9.47. The van der Waals surface area contributed by atoms with E-state index in [1.807, 2.05) is 49.6 Å². The summed E-state index contributed by atoms with van der Waals surface area (Å²) in [5.74, 6) is 1.15. The number of hydrogen-bond donors (Lipinski definition) is 4. The number of carbonyl (C=O) groups is 1. The minimum Gasteiger partial charge on any atom is -0.491 e. The molecule has 0 radical (unpaired) electrons. The van der Waals surface area contributed by atoms with Crippen LogP contribution in [0.4, 0.5) is 28.4 Å². The van der Waals surface area contributed by atoms with Crippen molar-refractivity contribution in [2.45, 2.75) is 126 Å². The van der Waals surface area contributed by atoms with E-state index in [-0.39, 0.29) is 34.7 Å². The number of hydrogen-bond acceptors (Lipinski definition) is 17. The van der Waals surface area contributed by atoms with E-state index in [1.165, 1.54) is 23.3 Å². The van der Waals surface area contributed by atoms with Gasteiger partial charge >= 0.3 is 0 Å². The van der Waals surface area contributed by atoms with Gasteiger partial charge in [-0.1, -0.05) is 38.1 Å². The maximum Gasteiger partial charge on any atom is 0.293 e. The Morgan fingerprint density at radius 1 is 0.952 bits per heavy atom. The van der Waals surface area contributed by atoms with Crippen molar-refractivity contribution in [1.82, 2.24) is 29.5 Å². The van der Waals surface area contributed by atoms with Crippen LogP contribution in [0.2, 0.25) is 0 Å². The average Bonchev–Trinajstić information content (AvgIpc) is 2.93. The molecule has 6 aliphatic rings. The number of fused-ring (bicyclic) bond motifs is 3. The van der Waals surface area contributed by atoms with Crippen LogP contribution in [0.1, 0.15) is 118 Å². The Labute approximate surface area is 485 Å². The van der Waals surface area contributed by atoms with Gasteiger partial charge in [-0.2, -0.15) is 4.98 Å². The number of piperidine rings is 1. The third-order valence-corrected chi connectivity index (χ3v) is 20.1. The summed E-state index contributed by atoms with van der Waals surface area (Å²) < 4.78 is 54.4. The van der Waals surface area contributed by atoms with Crippen LogP contribution in [0.3, 0.4) is 0 Å². The minimum atomic E-state index is -4.65. The van der Waals surface area contributed by atoms with Crippen LogP contribution in [0.15, 0.2) is 96.2 Å². The third kappa shape index (κ3) is 11.4. The first-order valence-corrected chi connectivity index (χ1v) is 30.8. The second-order valence-corrected chi connectivity index (χ2v) is 26.1. The van der Waals surface area contributed by atoms with Gasteiger partial charge in [-0.3, -0.25) is 24.7 Å². The fourth-order valence-electron chi connectivity index (χ4n) is 14.0. The second kappa shape index (κ2) is 22.8. The number of sulfonamides is 1. The quantitative estimate of drug-likeness (QED) is 0.0522. The molecule has 6 aromatic rings. The van der Waals surface area contributed by atoms with Crippen molar-refractivity contribution >= 4 is 55.4 Å². The van der Waals surface area contributed by atoms with Gasteiger partial charge in [-0.25, -0.2) is 18.1 Å². The number of nitrogens with zero attached hydrogens (tertiary/aromatic N) is 7. The number of nitrogens with one attached hydrogen (secondary N) is 3. The van der Waals surface area contributed by atoms with Gasteiger partial charge in [0.2, 0.25) is 5.88 Å². The molecular weight excluding hydrogens is 1080 g/mol. The molecular formula is C62H76N10O10S. The number of aromatic amines is 1. The van der Waals surface area contributed by atoms with Gasteiger partial charge in [0.05, 0.1) is 53.5 Å². The first-order chi connectivity index (χ1) is 40.0. The van der Waals surface area contributed by atoms with E-state index in [4.69, 9.17) is 23.9 Å². The lowest BCUT2D eigenvalue weighted by molar-refractivity contribution is -0.384. The van der Waals surface area contributed by atoms with Crippen molar-refractivity contribution in [3.05, 3.63) is 124 Å². The summed E-state index contributed by atoms with van der Waals surface area (Å²) >= 11 is 0. The zero-order chi connectivity index (χ0) is 57.8. The van der Waals surface area contributed by atoms with Crippen LogP contribution in [-0.4, -0.2) is 140 Å². The molecule has 83 heavy (non-hydrogen) atoms. The van der Waals surface area contributed by atoms with Crippen molar-refractivity contribution in [3.63, 3.8) is 0 Å². The first kappa shape index (κ1) is 56.4. The molecule has 4 N–H and O–H groups in total. The molecule has 3 aromatic heterocycles. The number of anilines is 4. The van der Waals surface area contributed by atoms with Gasteiger partial charge in [0.25, 0.3) is 27.5 Å². The highest BCUT2D eigenvalue weighted by atomic mass is 32.2. The van der Waals surface area contributed by atoms with Crippen molar-refractivity contribution < 1.29 is 42.2 Å². The predicted molar refractivity (Wildman–Crippen MR) is 317 cm³/mol. The largest absolute Gasteiger partial charge is 0.491 e. The van der Waals surface area contributed by atoms with Crippen LogP contribution in [0.25, 0.3) is 11.0 Å². The minimum absolute atomic E-state index is 0.105. The monoisotopic (exact) mass is 1150 g/mol. The Morgan fingerprint density at radius 3 is 2.51 bits per heavy atom. The van der Waals surface area contributed by atoms with Crippen LogP contribution < -0.4 is 34.0 Å². The normalized spacial score (nSPS) is 23.9. The third-order valence-electron chi connectivity index (χ3n) is 18.7. The van der Waals surface area contributed by atoms with E-state index < -0.39 is 43.1 Å². The number of methoxy groups -OCH3 is 2. The summed E-state index contributed by atoms with van der Waals surface area (Å²) in [6.45, 7) is 12.7. The standard InChI is InChI=1S/C62H76N10O10S/c1-39(2)46-8-6-7-9-47(46)54-37-68(36-41-28-55(79-4)60(80-5)65-35-41)25-26-70(54)44-32-62(33-44)20-23-69(24-21-62)43-10-12-48(51(30-43)71-50-17-27-81-38-56(50)82-59-53(71)29-42-16-22-63-57(42)66-59)58(73)67-83(77,78)45-11-13-49(52(31-45)72(75)76)64-34-40-14-18-61(3,74)19-15-40/h6-13,16,22,28-31,35,39-40,44,50,54,56,64,74H,14-15,17-21,23-27,32-34,36-38H2,1-5H3,(H,63,66)(H,67,73)/t40-,50-,54+,56-,61-/m0/s1. The number of amides is 1. The van der Waals surface area contributed by atoms with E-state index in [2.05, 4.69) is 77.7 Å². The van der Waals surface area contributed by atoms with Gasteiger partial charge < -0.3 is 44.2 Å². The van der Waals surface area contributed by atoms with Crippen molar-refractivity contribution in [2.75, 3.05) is 81.8 Å². The number of pyridine rings is 2. The van der Waals surface area contributed by atoms with Gasteiger partial charge in [-0.05, 0) is 147 Å². The number of H-pyrrole nitrogens is 1. The molecule has 7 heterocycles. The van der Waals surface area contributed by atoms with Gasteiger partial charge in [0.1, 0.15) is 23.1 Å². The summed E-state index contributed by atoms with van der Waals surface area (Å²) in [5.41, 5.74) is 5.85. The molecule has 3 saturated heterocycles. The zero-order valence-electron chi connectivity index (χ0n) is 48.0. The van der Waals surface area contributed by atoms with Crippen molar-refractivity contribution in [1.29, 1.82) is 0 Å². The molecule has 4 aliphatic heterocycles. The highest BCUT2D eigenvalue weighted by Gasteiger charge is 2.50. The molecule has 0 unspecified atom stereocenters. The summed E-state index contributed by atoms with van der Waals surface area (Å²) in [5, 5.41) is 26.9. The number of ether oxygens (including phenoxy) is 4. The van der Waals surface area contributed by atoms with E-state index in [9.17, 15) is 28.4 Å². The molecule has 21 heteroatoms. The highest BCUT2D eigenvalue weighted by molar-refractivity contribution is 7.90. The molecule has 440 valence electrons. The van der Waals surface area contributed by atoms with E-state index in [0.717, 1.165) is 100 Å². The smallest absolute Gasteiger partial charge is 0.293 e. The van der Waals surface area contributed by atoms with Crippen LogP contribution in [0.5, 0.6) is 17.5 Å². The number of benzene rings is 3. The molecule has 1 spiro atoms. The number of nitro groups is 1. The Hall–Kier alpha value is -7.04. The topological polar surface area (TPSA) is 230 Å². The number of carbonyl (C=O) groups excluding carboxylic acids is 1. The summed E-state index contributed by atoms with van der Waals surface area (Å²) in [6, 6.07) is 24.5. The Morgan fingerprint density at radius 2 is 1.75 bits per heavy atom. The second-order valence-electron chi connectivity index (χ2n) is 24.5. The zero-order valence-corrected chi connectivity index (χ0v) is 48.8. The molecule has 2 saturated carbocycles. The summed E-state index contributed by atoms with van der Waals surface area (Å²) in [4.78, 5) is 48.7. The number of aliphatic hydroxyl groups is 1. The molecule has 0 bridgehead atoms. The number of aromatic nitrogens is 3. The lowest BCUT2D eigenvalue weighted by Crippen LogP contribution is -2.60. The fraction of sp³-hybridized carbons (Fsp3) is 0.500. The van der Waals surface area contributed by atoms with E-state index in [1.54, 1.807) is 20.3 Å². The lowest BCUT2D eigenvalue weighted by atomic mass is 9.59. The molecule has 20 nitrogen and oxygen atoms in total. The number of piperazine rings is 1. The van der Waals surface area contributed by atoms with Crippen LogP contribution in [-0.2, 0) is 21.3 Å². The Balaban J connectivity index is 0.796. The van der Waals surface area contributed by atoms with Crippen LogP contribution >= 0.6 is 0 Å². The number of rotatable bonds is 16. The van der Waals surface area contributed by atoms with Crippen LogP contribution in [0, 0.1) is 21.4 Å². The van der Waals surface area contributed by atoms with E-state index >= 15 is 0 Å². The summed E-state index contributed by atoms with van der Waals surface area (Å²) in [6.07, 6.45) is 10.8. The molecule has 1 amide bonds. The Bertz CT molecular complexity index is 3500. The molecule has 2 aliphatic carbocycles. The molecule has 12 rings (SSSR count). The lowest BCUT2D eigenvalue weighted by Gasteiger charge is -2.58. The van der Waals surface area contributed by atoms with E-state index in [0.29, 0.717) is 85.5 Å². The first-order valence-electron chi connectivity index (χ1n) is 29.3. The fourth-order valence-corrected chi connectivity index (χ4v) is 15.0. The maximum atomic E-state index is 14.9. The highest BCUT2D eigenvalue weighted by Crippen LogP contribution is 2.54. The molecule has 5 fully saturated rings. The maximum absolute atomic E-state index is 14.9. The Kier molecular flexibility index (Phi) is 15.5. The SMILES string of the molecule is COc1cc(CN2CCN(C3CC4(CCN(c5ccc(C(=O)NS(=O)(=O)c6ccc(NC[C@H]7CC[C@](C)(O)CC7)c([N+](=O)[O-])c6)c(N6c7cc8cc[nH]c8nc7O[C@H]7COCC[C@@H]76)c5)CC4)C3)[C@@H](c3ccccc3C(C)C)C2)cnc1OC. The van der Waals surface area contributed by atoms with Gasteiger partial charge in [0.15, 0.2) is 5.75 Å². The van der Waals surface area contributed by atoms with Crippen molar-refractivity contribution in [3.8, 4) is 17.5 Å². The van der Waals surface area contributed by atoms with Gasteiger partial charge in [0, 0.05) is 94.0 Å². The average molecular weight is 1150 g/mol. The van der Waals surface area contributed by atoms with Gasteiger partial charge in [-0.15, -0.1) is 0 Å².